The van der Waals surface area contributed by atoms with Gasteiger partial charge in [-0.25, -0.2) is 0 Å². The van der Waals surface area contributed by atoms with E-state index in [-0.39, 0.29) is 24.7 Å². The third-order valence-corrected chi connectivity index (χ3v) is 2.38. The van der Waals surface area contributed by atoms with Gasteiger partial charge >= 0.3 is 5.97 Å². The molecule has 1 N–H and O–H groups in total. The van der Waals surface area contributed by atoms with Crippen molar-refractivity contribution in [1.29, 1.82) is 0 Å². The van der Waals surface area contributed by atoms with Gasteiger partial charge in [-0.2, -0.15) is 5.10 Å². The van der Waals surface area contributed by atoms with Crippen LogP contribution >= 0.6 is 0 Å². The molecule has 1 aromatic rings. The SMILES string of the molecule is CCOC(=O)CCC(=O)Nc1cn(C)nc1CC. The molecule has 0 aliphatic rings. The standard InChI is InChI=1S/C12H19N3O3/c1-4-9-10(8-15(3)14-9)13-11(16)6-7-12(17)18-5-2/h8H,4-7H2,1-3H3,(H,13,16). The summed E-state index contributed by atoms with van der Waals surface area (Å²) >= 11 is 0. The maximum absolute atomic E-state index is 11.6. The fourth-order valence-electron chi connectivity index (χ4n) is 1.56. The van der Waals surface area contributed by atoms with Gasteiger partial charge in [-0.3, -0.25) is 14.3 Å². The molecular weight excluding hydrogens is 234 g/mol. The van der Waals surface area contributed by atoms with Crippen LogP contribution in [0.4, 0.5) is 5.69 Å². The second kappa shape index (κ2) is 6.78. The first-order valence-corrected chi connectivity index (χ1v) is 6.04. The molecule has 100 valence electrons. The Labute approximate surface area is 106 Å². The van der Waals surface area contributed by atoms with Gasteiger partial charge in [0.1, 0.15) is 0 Å². The molecule has 1 amide bonds. The van der Waals surface area contributed by atoms with Gasteiger partial charge in [0.25, 0.3) is 0 Å². The van der Waals surface area contributed by atoms with Crippen LogP contribution in [0.5, 0.6) is 0 Å². The van der Waals surface area contributed by atoms with Crippen LogP contribution in [-0.4, -0.2) is 28.3 Å². The number of amides is 1. The summed E-state index contributed by atoms with van der Waals surface area (Å²) in [6.45, 7) is 4.04. The number of hydrogen-bond donors (Lipinski definition) is 1. The molecule has 0 spiro atoms. The number of aryl methyl sites for hydroxylation is 2. The van der Waals surface area contributed by atoms with Crippen LogP contribution in [0, 0.1) is 0 Å². The van der Waals surface area contributed by atoms with E-state index in [9.17, 15) is 9.59 Å². The van der Waals surface area contributed by atoms with E-state index in [2.05, 4.69) is 10.4 Å². The second-order valence-corrected chi connectivity index (χ2v) is 3.87. The van der Waals surface area contributed by atoms with Crippen molar-refractivity contribution in [3.05, 3.63) is 11.9 Å². The number of carbonyl (C=O) groups is 2. The number of esters is 1. The van der Waals surface area contributed by atoms with Gasteiger partial charge < -0.3 is 10.1 Å². The van der Waals surface area contributed by atoms with E-state index >= 15 is 0 Å². The van der Waals surface area contributed by atoms with Crippen LogP contribution in [0.1, 0.15) is 32.4 Å². The van der Waals surface area contributed by atoms with E-state index in [1.165, 1.54) is 0 Å². The summed E-state index contributed by atoms with van der Waals surface area (Å²) in [4.78, 5) is 22.8. The van der Waals surface area contributed by atoms with Gasteiger partial charge in [0.05, 0.1) is 24.4 Å². The van der Waals surface area contributed by atoms with E-state index < -0.39 is 0 Å². The molecule has 0 aliphatic heterocycles. The topological polar surface area (TPSA) is 73.2 Å². The number of carbonyl (C=O) groups excluding carboxylic acids is 2. The summed E-state index contributed by atoms with van der Waals surface area (Å²) in [5.41, 5.74) is 1.54. The summed E-state index contributed by atoms with van der Waals surface area (Å²) < 4.78 is 6.41. The summed E-state index contributed by atoms with van der Waals surface area (Å²) in [5, 5.41) is 6.97. The van der Waals surface area contributed by atoms with Crippen molar-refractivity contribution in [3.8, 4) is 0 Å². The lowest BCUT2D eigenvalue weighted by atomic mass is 10.2. The Morgan fingerprint density at radius 1 is 1.39 bits per heavy atom. The Morgan fingerprint density at radius 2 is 2.11 bits per heavy atom. The number of hydrogen-bond acceptors (Lipinski definition) is 4. The van der Waals surface area contributed by atoms with Gasteiger partial charge in [0, 0.05) is 19.7 Å². The predicted octanol–water partition coefficient (Wildman–Crippen LogP) is 1.26. The second-order valence-electron chi connectivity index (χ2n) is 3.87. The average molecular weight is 253 g/mol. The number of nitrogens with one attached hydrogen (secondary N) is 1. The summed E-state index contributed by atoms with van der Waals surface area (Å²) in [7, 11) is 1.80. The molecule has 6 nitrogen and oxygen atoms in total. The number of nitrogens with zero attached hydrogens (tertiary/aromatic N) is 2. The van der Waals surface area contributed by atoms with Crippen molar-refractivity contribution in [2.24, 2.45) is 7.05 Å². The van der Waals surface area contributed by atoms with Crippen molar-refractivity contribution in [1.82, 2.24) is 9.78 Å². The lowest BCUT2D eigenvalue weighted by Gasteiger charge is -2.04. The van der Waals surface area contributed by atoms with Crippen molar-refractivity contribution >= 4 is 17.6 Å². The average Bonchev–Trinajstić information content (AvgIpc) is 2.67. The highest BCUT2D eigenvalue weighted by atomic mass is 16.5. The Bertz CT molecular complexity index is 426. The first kappa shape index (κ1) is 14.2. The maximum Gasteiger partial charge on any atom is 0.306 e. The molecule has 0 aromatic carbocycles. The molecule has 18 heavy (non-hydrogen) atoms. The van der Waals surface area contributed by atoms with Gasteiger partial charge in [0.15, 0.2) is 0 Å². The molecule has 0 atom stereocenters. The van der Waals surface area contributed by atoms with E-state index in [1.54, 1.807) is 24.9 Å². The van der Waals surface area contributed by atoms with Gasteiger partial charge in [-0.15, -0.1) is 0 Å². The van der Waals surface area contributed by atoms with Gasteiger partial charge in [0.2, 0.25) is 5.91 Å². The lowest BCUT2D eigenvalue weighted by molar-refractivity contribution is -0.144. The Morgan fingerprint density at radius 3 is 2.72 bits per heavy atom. The predicted molar refractivity (Wildman–Crippen MR) is 67.1 cm³/mol. The zero-order chi connectivity index (χ0) is 13.5. The first-order chi connectivity index (χ1) is 8.56. The first-order valence-electron chi connectivity index (χ1n) is 6.04. The molecule has 0 saturated carbocycles. The smallest absolute Gasteiger partial charge is 0.306 e. The fraction of sp³-hybridized carbons (Fsp3) is 0.583. The zero-order valence-electron chi connectivity index (χ0n) is 11.0. The van der Waals surface area contributed by atoms with Crippen LogP contribution in [0.15, 0.2) is 6.20 Å². The highest BCUT2D eigenvalue weighted by Gasteiger charge is 2.11. The van der Waals surface area contributed by atoms with Crippen LogP contribution in [0.3, 0.4) is 0 Å². The Hall–Kier alpha value is -1.85. The molecule has 0 radical (unpaired) electrons. The van der Waals surface area contributed by atoms with E-state index in [4.69, 9.17) is 4.74 Å². The third-order valence-electron chi connectivity index (χ3n) is 2.38. The van der Waals surface area contributed by atoms with Gasteiger partial charge in [-0.05, 0) is 13.3 Å². The molecule has 6 heteroatoms. The summed E-state index contributed by atoms with van der Waals surface area (Å²) in [5.74, 6) is -0.555. The molecule has 1 aromatic heterocycles. The molecule has 0 bridgehead atoms. The molecule has 1 heterocycles. The minimum absolute atomic E-state index is 0.0986. The van der Waals surface area contributed by atoms with Crippen molar-refractivity contribution in [3.63, 3.8) is 0 Å². The van der Waals surface area contributed by atoms with Crippen LogP contribution in [0.2, 0.25) is 0 Å². The molecular formula is C12H19N3O3. The van der Waals surface area contributed by atoms with Crippen molar-refractivity contribution in [2.45, 2.75) is 33.1 Å². The summed E-state index contributed by atoms with van der Waals surface area (Å²) in [6, 6.07) is 0. The third kappa shape index (κ3) is 4.20. The highest BCUT2D eigenvalue weighted by molar-refractivity contribution is 5.92. The van der Waals surface area contributed by atoms with Crippen LogP contribution in [-0.2, 0) is 27.8 Å². The Balaban J connectivity index is 2.46. The maximum atomic E-state index is 11.6. The molecule has 1 rings (SSSR count). The highest BCUT2D eigenvalue weighted by Crippen LogP contribution is 2.14. The zero-order valence-corrected chi connectivity index (χ0v) is 11.0. The van der Waals surface area contributed by atoms with Crippen LogP contribution in [0.25, 0.3) is 0 Å². The Kier molecular flexibility index (Phi) is 5.35. The molecule has 0 fully saturated rings. The molecule has 0 aliphatic carbocycles. The van der Waals surface area contributed by atoms with E-state index in [0.29, 0.717) is 12.3 Å². The minimum atomic E-state index is -0.352. The monoisotopic (exact) mass is 253 g/mol. The quantitative estimate of drug-likeness (QED) is 0.775. The largest absolute Gasteiger partial charge is 0.466 e. The number of rotatable bonds is 6. The number of anilines is 1. The number of aromatic nitrogens is 2. The number of ether oxygens (including phenoxy) is 1. The van der Waals surface area contributed by atoms with E-state index in [0.717, 1.165) is 12.1 Å². The van der Waals surface area contributed by atoms with Gasteiger partial charge in [-0.1, -0.05) is 6.92 Å². The van der Waals surface area contributed by atoms with Crippen molar-refractivity contribution < 1.29 is 14.3 Å². The molecule has 0 saturated heterocycles. The van der Waals surface area contributed by atoms with Crippen LogP contribution < -0.4 is 5.32 Å². The summed E-state index contributed by atoms with van der Waals surface area (Å²) in [6.07, 6.45) is 2.72. The molecule has 0 unspecified atom stereocenters. The normalized spacial score (nSPS) is 10.2. The van der Waals surface area contributed by atoms with E-state index in [1.807, 2.05) is 6.92 Å². The fourth-order valence-corrected chi connectivity index (χ4v) is 1.56. The lowest BCUT2D eigenvalue weighted by Crippen LogP contribution is -2.15. The van der Waals surface area contributed by atoms with Crippen molar-refractivity contribution in [2.75, 3.05) is 11.9 Å². The minimum Gasteiger partial charge on any atom is -0.466 e.